The lowest BCUT2D eigenvalue weighted by molar-refractivity contribution is -0.136. The number of fused-ring (bicyclic) bond motifs is 1. The molecule has 0 bridgehead atoms. The lowest BCUT2D eigenvalue weighted by Crippen LogP contribution is -2.33. The molecule has 0 radical (unpaired) electrons. The van der Waals surface area contributed by atoms with Crippen LogP contribution in [0.3, 0.4) is 0 Å². The third-order valence-corrected chi connectivity index (χ3v) is 6.35. The monoisotopic (exact) mass is 428 g/mol. The molecule has 2 aromatic rings. The fourth-order valence-electron chi connectivity index (χ4n) is 3.19. The third kappa shape index (κ3) is 3.34. The maximum absolute atomic E-state index is 13.1. The quantitative estimate of drug-likeness (QED) is 0.751. The van der Waals surface area contributed by atoms with Crippen LogP contribution in [0.25, 0.3) is 5.57 Å². The van der Waals surface area contributed by atoms with Crippen molar-refractivity contribution in [2.75, 3.05) is 18.0 Å². The van der Waals surface area contributed by atoms with Gasteiger partial charge in [0.1, 0.15) is 6.54 Å². The Morgan fingerprint density at radius 3 is 2.62 bits per heavy atom. The van der Waals surface area contributed by atoms with E-state index >= 15 is 0 Å². The van der Waals surface area contributed by atoms with E-state index in [1.165, 1.54) is 21.1 Å². The second-order valence-electron chi connectivity index (χ2n) is 6.32. The van der Waals surface area contributed by atoms with Crippen molar-refractivity contribution in [3.8, 4) is 0 Å². The van der Waals surface area contributed by atoms with E-state index in [0.717, 1.165) is 17.5 Å². The number of carbonyl (C=O) groups is 3. The number of aryl methyl sites for hydroxylation is 1. The van der Waals surface area contributed by atoms with Gasteiger partial charge in [0, 0.05) is 17.5 Å². The molecule has 1 aromatic carbocycles. The minimum Gasteiger partial charge on any atom is -0.480 e. The third-order valence-electron chi connectivity index (χ3n) is 4.42. The maximum Gasteiger partial charge on any atom is 0.323 e. The smallest absolute Gasteiger partial charge is 0.323 e. The standard InChI is InChI=1S/C19H16N4O4S2/c1-3-22-17(27)15(29-19(22)21-18-20-10(2)9-28-18)14-11-6-4-5-7-12(11)23(16(14)26)8-13(24)25/h4-7,9H,3,8H2,1-2H3,(H,24,25)/b15-14-,21-19+. The Morgan fingerprint density at radius 2 is 1.97 bits per heavy atom. The number of benzene rings is 1. The van der Waals surface area contributed by atoms with Gasteiger partial charge in [0.2, 0.25) is 5.13 Å². The predicted molar refractivity (Wildman–Crippen MR) is 112 cm³/mol. The van der Waals surface area contributed by atoms with Crippen molar-refractivity contribution in [2.45, 2.75) is 13.8 Å². The summed E-state index contributed by atoms with van der Waals surface area (Å²) in [6.45, 7) is 3.61. The Balaban J connectivity index is 1.82. The van der Waals surface area contributed by atoms with Crippen LogP contribution in [-0.4, -0.2) is 51.0 Å². The molecule has 3 heterocycles. The van der Waals surface area contributed by atoms with Crippen molar-refractivity contribution in [1.82, 2.24) is 9.88 Å². The molecule has 2 aliphatic rings. The number of likely N-dealkylation sites (N-methyl/N-ethyl adjacent to an activating group) is 1. The van der Waals surface area contributed by atoms with Gasteiger partial charge in [0.25, 0.3) is 11.8 Å². The lowest BCUT2D eigenvalue weighted by atomic mass is 10.1. The number of hydrogen-bond donors (Lipinski definition) is 1. The molecule has 2 amide bonds. The van der Waals surface area contributed by atoms with Gasteiger partial charge in [-0.05, 0) is 31.7 Å². The summed E-state index contributed by atoms with van der Waals surface area (Å²) in [6, 6.07) is 6.89. The zero-order valence-electron chi connectivity index (χ0n) is 15.6. The number of anilines is 1. The number of nitrogens with zero attached hydrogens (tertiary/aromatic N) is 4. The molecule has 0 aliphatic carbocycles. The van der Waals surface area contributed by atoms with Crippen LogP contribution in [0.1, 0.15) is 18.2 Å². The molecule has 8 nitrogen and oxygen atoms in total. The van der Waals surface area contributed by atoms with E-state index in [1.807, 2.05) is 19.2 Å². The number of thiazole rings is 1. The molecule has 0 saturated carbocycles. The molecular weight excluding hydrogens is 412 g/mol. The fraction of sp³-hybridized carbons (Fsp3) is 0.211. The van der Waals surface area contributed by atoms with E-state index in [-0.39, 0.29) is 16.4 Å². The number of amidine groups is 1. The summed E-state index contributed by atoms with van der Waals surface area (Å²) in [5.41, 5.74) is 2.10. The number of hydrogen-bond acceptors (Lipinski definition) is 7. The van der Waals surface area contributed by atoms with E-state index < -0.39 is 18.4 Å². The fourth-order valence-corrected chi connectivity index (χ4v) is 5.04. The summed E-state index contributed by atoms with van der Waals surface area (Å²) in [6.07, 6.45) is 0. The first-order valence-electron chi connectivity index (χ1n) is 8.78. The number of carboxylic acid groups (broad SMARTS) is 1. The second-order valence-corrected chi connectivity index (χ2v) is 8.14. The highest BCUT2D eigenvalue weighted by Crippen LogP contribution is 2.44. The number of aliphatic imine (C=N–C) groups is 1. The average Bonchev–Trinajstić information content (AvgIpc) is 3.31. The molecule has 1 aromatic heterocycles. The van der Waals surface area contributed by atoms with Crippen molar-refractivity contribution in [3.63, 3.8) is 0 Å². The van der Waals surface area contributed by atoms with Crippen LogP contribution in [0.15, 0.2) is 39.5 Å². The van der Waals surface area contributed by atoms with Crippen LogP contribution in [0.2, 0.25) is 0 Å². The molecule has 4 rings (SSSR count). The van der Waals surface area contributed by atoms with E-state index in [9.17, 15) is 19.5 Å². The largest absolute Gasteiger partial charge is 0.480 e. The topological polar surface area (TPSA) is 103 Å². The van der Waals surface area contributed by atoms with Crippen LogP contribution in [-0.2, 0) is 14.4 Å². The van der Waals surface area contributed by atoms with E-state index in [2.05, 4.69) is 9.98 Å². The SMILES string of the molecule is CCN1C(=O)/C(=C2/C(=O)N(CC(=O)O)c3ccccc32)S/C1=N/c1nc(C)cs1. The molecule has 148 valence electrons. The summed E-state index contributed by atoms with van der Waals surface area (Å²) in [7, 11) is 0. The first kappa shape index (κ1) is 19.3. The molecule has 2 aliphatic heterocycles. The van der Waals surface area contributed by atoms with Crippen LogP contribution >= 0.6 is 23.1 Å². The number of amides is 2. The zero-order valence-corrected chi connectivity index (χ0v) is 17.2. The number of para-hydroxylation sites is 1. The van der Waals surface area contributed by atoms with Crippen molar-refractivity contribution in [2.24, 2.45) is 4.99 Å². The second kappa shape index (κ2) is 7.45. The first-order valence-corrected chi connectivity index (χ1v) is 10.5. The number of carboxylic acids is 1. The van der Waals surface area contributed by atoms with E-state index in [0.29, 0.717) is 28.1 Å². The van der Waals surface area contributed by atoms with Crippen LogP contribution in [0.5, 0.6) is 0 Å². The van der Waals surface area contributed by atoms with Gasteiger partial charge in [-0.1, -0.05) is 18.2 Å². The van der Waals surface area contributed by atoms with Crippen molar-refractivity contribution < 1.29 is 19.5 Å². The first-order chi connectivity index (χ1) is 13.9. The minimum absolute atomic E-state index is 0.218. The Labute approximate surface area is 174 Å². The van der Waals surface area contributed by atoms with Crippen LogP contribution < -0.4 is 4.90 Å². The Morgan fingerprint density at radius 1 is 1.21 bits per heavy atom. The Kier molecular flexibility index (Phi) is 4.97. The molecule has 1 saturated heterocycles. The summed E-state index contributed by atoms with van der Waals surface area (Å²) in [5.74, 6) is -1.94. The molecular formula is C19H16N4O4S2. The molecule has 1 N–H and O–H groups in total. The Bertz CT molecular complexity index is 1110. The van der Waals surface area contributed by atoms with E-state index in [1.54, 1.807) is 24.3 Å². The zero-order chi connectivity index (χ0) is 20.7. The lowest BCUT2D eigenvalue weighted by Gasteiger charge is -2.13. The van der Waals surface area contributed by atoms with Gasteiger partial charge < -0.3 is 5.11 Å². The highest BCUT2D eigenvalue weighted by Gasteiger charge is 2.42. The van der Waals surface area contributed by atoms with Crippen LogP contribution in [0, 0.1) is 6.92 Å². The summed E-state index contributed by atoms with van der Waals surface area (Å²) in [5, 5.41) is 12.1. The predicted octanol–water partition coefficient (Wildman–Crippen LogP) is 2.88. The number of aromatic nitrogens is 1. The minimum atomic E-state index is -1.12. The number of aliphatic carboxylic acids is 1. The van der Waals surface area contributed by atoms with Gasteiger partial charge in [-0.15, -0.1) is 11.3 Å². The average molecular weight is 428 g/mol. The van der Waals surface area contributed by atoms with E-state index in [4.69, 9.17) is 0 Å². The van der Waals surface area contributed by atoms with Gasteiger partial charge >= 0.3 is 5.97 Å². The van der Waals surface area contributed by atoms with Crippen molar-refractivity contribution >= 4 is 62.4 Å². The number of rotatable bonds is 4. The molecule has 1 fully saturated rings. The normalized spacial score (nSPS) is 20.1. The van der Waals surface area contributed by atoms with Gasteiger partial charge in [0.15, 0.2) is 5.17 Å². The molecule has 0 unspecified atom stereocenters. The van der Waals surface area contributed by atoms with Gasteiger partial charge in [-0.25, -0.2) is 4.98 Å². The molecule has 10 heteroatoms. The highest BCUT2D eigenvalue weighted by atomic mass is 32.2. The number of carbonyl (C=O) groups excluding carboxylic acids is 2. The molecule has 29 heavy (non-hydrogen) atoms. The van der Waals surface area contributed by atoms with Gasteiger partial charge in [-0.2, -0.15) is 4.99 Å². The van der Waals surface area contributed by atoms with Gasteiger partial charge in [0.05, 0.1) is 21.9 Å². The van der Waals surface area contributed by atoms with Crippen molar-refractivity contribution in [1.29, 1.82) is 0 Å². The van der Waals surface area contributed by atoms with Crippen LogP contribution in [0.4, 0.5) is 10.8 Å². The van der Waals surface area contributed by atoms with Crippen molar-refractivity contribution in [3.05, 3.63) is 45.8 Å². The maximum atomic E-state index is 13.1. The van der Waals surface area contributed by atoms with Gasteiger partial charge in [-0.3, -0.25) is 24.2 Å². The summed E-state index contributed by atoms with van der Waals surface area (Å²) in [4.78, 5) is 49.1. The number of thioether (sulfide) groups is 1. The Hall–Kier alpha value is -2.98. The molecule has 0 atom stereocenters. The summed E-state index contributed by atoms with van der Waals surface area (Å²) < 4.78 is 0. The summed E-state index contributed by atoms with van der Waals surface area (Å²) >= 11 is 2.49. The highest BCUT2D eigenvalue weighted by molar-refractivity contribution is 8.18. The molecule has 0 spiro atoms.